The molecule has 2 aromatic rings. The SMILES string of the molecule is CCC(N)c1cnn(Cc2ccn(C(C)C)n2)c1. The minimum Gasteiger partial charge on any atom is -0.324 e. The Hall–Kier alpha value is -1.62. The van der Waals surface area contributed by atoms with Crippen molar-refractivity contribution in [2.24, 2.45) is 5.73 Å². The second kappa shape index (κ2) is 5.35. The van der Waals surface area contributed by atoms with Gasteiger partial charge in [0, 0.05) is 30.0 Å². The Bertz CT molecular complexity index is 497. The van der Waals surface area contributed by atoms with Crippen LogP contribution in [0.15, 0.2) is 24.7 Å². The molecule has 0 aromatic carbocycles. The zero-order valence-electron chi connectivity index (χ0n) is 11.2. The van der Waals surface area contributed by atoms with Crippen LogP contribution in [0.1, 0.15) is 50.5 Å². The summed E-state index contributed by atoms with van der Waals surface area (Å²) in [5.41, 5.74) is 8.07. The van der Waals surface area contributed by atoms with Gasteiger partial charge in [-0.2, -0.15) is 10.2 Å². The topological polar surface area (TPSA) is 61.7 Å². The Kier molecular flexibility index (Phi) is 3.81. The van der Waals surface area contributed by atoms with Crippen molar-refractivity contribution < 1.29 is 0 Å². The molecule has 0 bridgehead atoms. The van der Waals surface area contributed by atoms with Crippen LogP contribution in [0, 0.1) is 0 Å². The van der Waals surface area contributed by atoms with Gasteiger partial charge in [0.2, 0.25) is 0 Å². The standard InChI is InChI=1S/C13H21N5/c1-4-13(14)11-7-15-17(8-11)9-12-5-6-18(16-12)10(2)3/h5-8,10,13H,4,9,14H2,1-3H3. The molecule has 2 aromatic heterocycles. The minimum absolute atomic E-state index is 0.0759. The second-order valence-electron chi connectivity index (χ2n) is 4.87. The van der Waals surface area contributed by atoms with Crippen LogP contribution in [0.4, 0.5) is 0 Å². The smallest absolute Gasteiger partial charge is 0.0849 e. The van der Waals surface area contributed by atoms with E-state index in [1.807, 2.05) is 34.0 Å². The van der Waals surface area contributed by atoms with Crippen LogP contribution < -0.4 is 5.73 Å². The van der Waals surface area contributed by atoms with Crippen LogP contribution in [-0.4, -0.2) is 19.6 Å². The zero-order chi connectivity index (χ0) is 13.1. The highest BCUT2D eigenvalue weighted by molar-refractivity contribution is 5.10. The van der Waals surface area contributed by atoms with Gasteiger partial charge in [-0.25, -0.2) is 0 Å². The normalized spacial score (nSPS) is 13.2. The van der Waals surface area contributed by atoms with Gasteiger partial charge in [-0.3, -0.25) is 9.36 Å². The van der Waals surface area contributed by atoms with Crippen molar-refractivity contribution in [1.82, 2.24) is 19.6 Å². The monoisotopic (exact) mass is 247 g/mol. The molecule has 1 atom stereocenters. The van der Waals surface area contributed by atoms with Crippen molar-refractivity contribution >= 4 is 0 Å². The lowest BCUT2D eigenvalue weighted by Gasteiger charge is -2.04. The fourth-order valence-electron chi connectivity index (χ4n) is 1.81. The highest BCUT2D eigenvalue weighted by atomic mass is 15.3. The first kappa shape index (κ1) is 12.8. The molecule has 0 aliphatic heterocycles. The van der Waals surface area contributed by atoms with Crippen molar-refractivity contribution in [1.29, 1.82) is 0 Å². The number of hydrogen-bond acceptors (Lipinski definition) is 3. The van der Waals surface area contributed by atoms with Gasteiger partial charge in [0.25, 0.3) is 0 Å². The molecule has 5 nitrogen and oxygen atoms in total. The third-order valence-electron chi connectivity index (χ3n) is 3.04. The van der Waals surface area contributed by atoms with Crippen molar-refractivity contribution in [3.05, 3.63) is 35.9 Å². The van der Waals surface area contributed by atoms with E-state index in [1.54, 1.807) is 0 Å². The van der Waals surface area contributed by atoms with Crippen molar-refractivity contribution in [2.45, 2.75) is 45.8 Å². The van der Waals surface area contributed by atoms with Gasteiger partial charge in [-0.1, -0.05) is 6.92 Å². The van der Waals surface area contributed by atoms with Gasteiger partial charge in [-0.05, 0) is 26.3 Å². The summed E-state index contributed by atoms with van der Waals surface area (Å²) in [6, 6.07) is 2.49. The van der Waals surface area contributed by atoms with E-state index in [1.165, 1.54) is 0 Å². The van der Waals surface area contributed by atoms with Crippen LogP contribution in [-0.2, 0) is 6.54 Å². The predicted molar refractivity (Wildman–Crippen MR) is 71.2 cm³/mol. The highest BCUT2D eigenvalue weighted by Gasteiger charge is 2.08. The van der Waals surface area contributed by atoms with Crippen molar-refractivity contribution in [3.63, 3.8) is 0 Å². The maximum Gasteiger partial charge on any atom is 0.0849 e. The molecule has 2 rings (SSSR count). The van der Waals surface area contributed by atoms with Crippen LogP contribution in [0.25, 0.3) is 0 Å². The Morgan fingerprint density at radius 1 is 1.39 bits per heavy atom. The molecule has 0 aliphatic rings. The molecule has 0 amide bonds. The summed E-state index contributed by atoms with van der Waals surface area (Å²) in [7, 11) is 0. The van der Waals surface area contributed by atoms with E-state index in [0.717, 1.165) is 17.7 Å². The Morgan fingerprint density at radius 3 is 2.78 bits per heavy atom. The van der Waals surface area contributed by atoms with Gasteiger partial charge in [-0.15, -0.1) is 0 Å². The number of nitrogens with two attached hydrogens (primary N) is 1. The van der Waals surface area contributed by atoms with E-state index < -0.39 is 0 Å². The Morgan fingerprint density at radius 2 is 2.17 bits per heavy atom. The maximum absolute atomic E-state index is 5.97. The summed E-state index contributed by atoms with van der Waals surface area (Å²) < 4.78 is 3.84. The molecule has 2 N–H and O–H groups in total. The first-order valence-corrected chi connectivity index (χ1v) is 6.42. The molecule has 0 radical (unpaired) electrons. The first-order chi connectivity index (χ1) is 8.60. The molecule has 5 heteroatoms. The second-order valence-corrected chi connectivity index (χ2v) is 4.87. The summed E-state index contributed by atoms with van der Waals surface area (Å²) in [5, 5.41) is 8.83. The molecule has 0 aliphatic carbocycles. The number of nitrogens with zero attached hydrogens (tertiary/aromatic N) is 4. The molecule has 0 saturated heterocycles. The molecular formula is C13H21N5. The van der Waals surface area contributed by atoms with Gasteiger partial charge in [0.15, 0.2) is 0 Å². The summed E-state index contributed by atoms with van der Waals surface area (Å²) in [6.45, 7) is 6.99. The maximum atomic E-state index is 5.97. The number of aromatic nitrogens is 4. The summed E-state index contributed by atoms with van der Waals surface area (Å²) in [4.78, 5) is 0. The van der Waals surface area contributed by atoms with Gasteiger partial charge in [0.05, 0.1) is 18.4 Å². The molecule has 0 fully saturated rings. The molecule has 0 spiro atoms. The quantitative estimate of drug-likeness (QED) is 0.880. The van der Waals surface area contributed by atoms with Gasteiger partial charge >= 0.3 is 0 Å². The average molecular weight is 247 g/mol. The Balaban J connectivity index is 2.06. The zero-order valence-corrected chi connectivity index (χ0v) is 11.2. The van der Waals surface area contributed by atoms with E-state index in [2.05, 4.69) is 31.0 Å². The predicted octanol–water partition coefficient (Wildman–Crippen LogP) is 2.12. The molecule has 2 heterocycles. The van der Waals surface area contributed by atoms with Crippen LogP contribution in [0.3, 0.4) is 0 Å². The third kappa shape index (κ3) is 2.79. The van der Waals surface area contributed by atoms with E-state index in [-0.39, 0.29) is 6.04 Å². The first-order valence-electron chi connectivity index (χ1n) is 6.42. The van der Waals surface area contributed by atoms with Crippen LogP contribution in [0.5, 0.6) is 0 Å². The highest BCUT2D eigenvalue weighted by Crippen LogP contribution is 2.13. The van der Waals surface area contributed by atoms with E-state index >= 15 is 0 Å². The van der Waals surface area contributed by atoms with Gasteiger partial charge in [0.1, 0.15) is 0 Å². The van der Waals surface area contributed by atoms with E-state index in [9.17, 15) is 0 Å². The molecule has 98 valence electrons. The minimum atomic E-state index is 0.0759. The number of hydrogen-bond donors (Lipinski definition) is 1. The van der Waals surface area contributed by atoms with Crippen molar-refractivity contribution in [3.8, 4) is 0 Å². The fraction of sp³-hybridized carbons (Fsp3) is 0.538. The molecular weight excluding hydrogens is 226 g/mol. The van der Waals surface area contributed by atoms with Crippen LogP contribution >= 0.6 is 0 Å². The lowest BCUT2D eigenvalue weighted by atomic mass is 10.1. The molecule has 0 saturated carbocycles. The summed E-state index contributed by atoms with van der Waals surface area (Å²) in [6.07, 6.45) is 6.77. The molecule has 18 heavy (non-hydrogen) atoms. The number of rotatable bonds is 5. The Labute approximate surface area is 108 Å². The average Bonchev–Trinajstić information content (AvgIpc) is 2.98. The van der Waals surface area contributed by atoms with Gasteiger partial charge < -0.3 is 5.73 Å². The third-order valence-corrected chi connectivity index (χ3v) is 3.04. The van der Waals surface area contributed by atoms with Crippen molar-refractivity contribution in [2.75, 3.05) is 0 Å². The molecule has 1 unspecified atom stereocenters. The summed E-state index contributed by atoms with van der Waals surface area (Å²) >= 11 is 0. The lowest BCUT2D eigenvalue weighted by molar-refractivity contribution is 0.520. The summed E-state index contributed by atoms with van der Waals surface area (Å²) in [5.74, 6) is 0. The van der Waals surface area contributed by atoms with E-state index in [4.69, 9.17) is 5.73 Å². The fourth-order valence-corrected chi connectivity index (χ4v) is 1.81. The van der Waals surface area contributed by atoms with Crippen LogP contribution in [0.2, 0.25) is 0 Å². The largest absolute Gasteiger partial charge is 0.324 e. The van der Waals surface area contributed by atoms with E-state index in [0.29, 0.717) is 12.6 Å². The lowest BCUT2D eigenvalue weighted by Crippen LogP contribution is -2.08.